The predicted molar refractivity (Wildman–Crippen MR) is 67.4 cm³/mol. The molecule has 0 aliphatic heterocycles. The molecule has 0 saturated heterocycles. The average molecular weight is 305 g/mol. The van der Waals surface area contributed by atoms with Crippen molar-refractivity contribution in [2.45, 2.75) is 38.3 Å². The molecule has 0 spiro atoms. The van der Waals surface area contributed by atoms with Crippen LogP contribution in [0.5, 0.6) is 0 Å². The molecule has 0 amide bonds. The van der Waals surface area contributed by atoms with Crippen LogP contribution in [0.1, 0.15) is 31.4 Å². The summed E-state index contributed by atoms with van der Waals surface area (Å²) < 4.78 is 29.2. The molecular formula is C10H13ClN4O3S. The van der Waals surface area contributed by atoms with E-state index in [9.17, 15) is 8.42 Å². The van der Waals surface area contributed by atoms with Crippen LogP contribution in [0, 0.1) is 0 Å². The molecule has 0 aliphatic rings. The van der Waals surface area contributed by atoms with Gasteiger partial charge in [0.05, 0.1) is 6.54 Å². The van der Waals surface area contributed by atoms with Crippen LogP contribution < -0.4 is 0 Å². The summed E-state index contributed by atoms with van der Waals surface area (Å²) >= 11 is 0. The third kappa shape index (κ3) is 3.13. The lowest BCUT2D eigenvalue weighted by Crippen LogP contribution is -2.04. The van der Waals surface area contributed by atoms with Crippen LogP contribution in [0.4, 0.5) is 0 Å². The molecule has 9 heteroatoms. The van der Waals surface area contributed by atoms with Gasteiger partial charge in [0.1, 0.15) is 5.82 Å². The van der Waals surface area contributed by atoms with Gasteiger partial charge in [0.15, 0.2) is 10.9 Å². The van der Waals surface area contributed by atoms with Crippen LogP contribution >= 0.6 is 10.7 Å². The Hall–Kier alpha value is -1.41. The fraction of sp³-hybridized carbons (Fsp3) is 0.500. The molecule has 0 unspecified atom stereocenters. The molecule has 2 aromatic rings. The zero-order valence-electron chi connectivity index (χ0n) is 10.5. The molecule has 104 valence electrons. The SMILES string of the molecule is CCc1nc(Cn2cc(S(=O)(=O)Cl)nc2CC)no1. The third-order valence-corrected chi connectivity index (χ3v) is 3.70. The summed E-state index contributed by atoms with van der Waals surface area (Å²) in [4.78, 5) is 8.14. The molecule has 19 heavy (non-hydrogen) atoms. The first-order valence-corrected chi connectivity index (χ1v) is 8.07. The fourth-order valence-corrected chi connectivity index (χ4v) is 2.31. The summed E-state index contributed by atoms with van der Waals surface area (Å²) in [6.07, 6.45) is 2.60. The molecule has 0 atom stereocenters. The first-order valence-electron chi connectivity index (χ1n) is 5.76. The van der Waals surface area contributed by atoms with E-state index in [4.69, 9.17) is 15.2 Å². The quantitative estimate of drug-likeness (QED) is 0.775. The van der Waals surface area contributed by atoms with Crippen molar-refractivity contribution in [3.8, 4) is 0 Å². The second kappa shape index (κ2) is 5.30. The standard InChI is InChI=1S/C10H13ClN4O3S/c1-3-8-13-10(19(11,16)17)6-15(8)5-7-12-9(4-2)18-14-7/h6H,3-5H2,1-2H3. The molecule has 0 aliphatic carbocycles. The summed E-state index contributed by atoms with van der Waals surface area (Å²) in [7, 11) is 1.45. The van der Waals surface area contributed by atoms with Gasteiger partial charge in [0.2, 0.25) is 5.89 Å². The van der Waals surface area contributed by atoms with E-state index < -0.39 is 9.05 Å². The maximum absolute atomic E-state index is 11.3. The van der Waals surface area contributed by atoms with E-state index in [2.05, 4.69) is 15.1 Å². The number of nitrogens with zero attached hydrogens (tertiary/aromatic N) is 4. The van der Waals surface area contributed by atoms with Crippen molar-refractivity contribution in [3.63, 3.8) is 0 Å². The number of aromatic nitrogens is 4. The van der Waals surface area contributed by atoms with Crippen molar-refractivity contribution >= 4 is 19.7 Å². The molecule has 0 aromatic carbocycles. The van der Waals surface area contributed by atoms with Crippen LogP contribution in [0.25, 0.3) is 0 Å². The second-order valence-corrected chi connectivity index (χ2v) is 6.39. The lowest BCUT2D eigenvalue weighted by atomic mass is 10.4. The van der Waals surface area contributed by atoms with E-state index in [1.165, 1.54) is 6.20 Å². The fourth-order valence-electron chi connectivity index (χ4n) is 1.61. The van der Waals surface area contributed by atoms with Gasteiger partial charge in [-0.1, -0.05) is 19.0 Å². The average Bonchev–Trinajstić information content (AvgIpc) is 2.95. The Morgan fingerprint density at radius 3 is 2.58 bits per heavy atom. The smallest absolute Gasteiger partial charge is 0.280 e. The largest absolute Gasteiger partial charge is 0.339 e. The second-order valence-electron chi connectivity index (χ2n) is 3.87. The van der Waals surface area contributed by atoms with Gasteiger partial charge in [-0.25, -0.2) is 13.4 Å². The van der Waals surface area contributed by atoms with Crippen molar-refractivity contribution in [1.29, 1.82) is 0 Å². The first kappa shape index (κ1) is 14.0. The minimum atomic E-state index is -3.83. The van der Waals surface area contributed by atoms with Crippen molar-refractivity contribution in [2.24, 2.45) is 0 Å². The Kier molecular flexibility index (Phi) is 3.91. The normalized spacial score (nSPS) is 11.9. The van der Waals surface area contributed by atoms with Gasteiger partial charge < -0.3 is 9.09 Å². The van der Waals surface area contributed by atoms with Gasteiger partial charge >= 0.3 is 0 Å². The van der Waals surface area contributed by atoms with Gasteiger partial charge in [0, 0.05) is 29.7 Å². The number of aryl methyl sites for hydroxylation is 2. The van der Waals surface area contributed by atoms with E-state index in [1.807, 2.05) is 13.8 Å². The molecule has 0 saturated carbocycles. The molecule has 0 fully saturated rings. The monoisotopic (exact) mass is 304 g/mol. The van der Waals surface area contributed by atoms with E-state index in [0.29, 0.717) is 36.9 Å². The van der Waals surface area contributed by atoms with Crippen molar-refractivity contribution < 1.29 is 12.9 Å². The molecule has 2 heterocycles. The first-order chi connectivity index (χ1) is 8.94. The Labute approximate surface area is 115 Å². The minimum absolute atomic E-state index is 0.162. The number of hydrogen-bond donors (Lipinski definition) is 0. The Balaban J connectivity index is 2.31. The highest BCUT2D eigenvalue weighted by Crippen LogP contribution is 2.15. The maximum Gasteiger partial charge on any atom is 0.280 e. The maximum atomic E-state index is 11.3. The van der Waals surface area contributed by atoms with Gasteiger partial charge in [0.25, 0.3) is 9.05 Å². The zero-order chi connectivity index (χ0) is 14.0. The van der Waals surface area contributed by atoms with E-state index in [-0.39, 0.29) is 5.03 Å². The van der Waals surface area contributed by atoms with Crippen LogP contribution in [-0.2, 0) is 28.4 Å². The third-order valence-electron chi connectivity index (χ3n) is 2.53. The lowest BCUT2D eigenvalue weighted by Gasteiger charge is -2.01. The lowest BCUT2D eigenvalue weighted by molar-refractivity contribution is 0.375. The van der Waals surface area contributed by atoms with E-state index >= 15 is 0 Å². The predicted octanol–water partition coefficient (Wildman–Crippen LogP) is 1.37. The summed E-state index contributed by atoms with van der Waals surface area (Å²) in [6.45, 7) is 4.08. The number of imidazole rings is 1. The van der Waals surface area contributed by atoms with Gasteiger partial charge in [-0.15, -0.1) is 0 Å². The van der Waals surface area contributed by atoms with Crippen molar-refractivity contribution in [3.05, 3.63) is 23.7 Å². The molecular weight excluding hydrogens is 292 g/mol. The molecule has 2 aromatic heterocycles. The van der Waals surface area contributed by atoms with Crippen LogP contribution in [0.2, 0.25) is 0 Å². The van der Waals surface area contributed by atoms with Gasteiger partial charge in [-0.2, -0.15) is 4.98 Å². The molecule has 2 rings (SSSR count). The van der Waals surface area contributed by atoms with E-state index in [0.717, 1.165) is 0 Å². The topological polar surface area (TPSA) is 90.9 Å². The summed E-state index contributed by atoms with van der Waals surface area (Å²) in [5.41, 5.74) is 0. The Morgan fingerprint density at radius 1 is 1.32 bits per heavy atom. The molecule has 0 bridgehead atoms. The Morgan fingerprint density at radius 2 is 2.05 bits per heavy atom. The van der Waals surface area contributed by atoms with E-state index in [1.54, 1.807) is 4.57 Å². The van der Waals surface area contributed by atoms with Crippen LogP contribution in [0.15, 0.2) is 15.7 Å². The molecule has 0 N–H and O–H groups in total. The van der Waals surface area contributed by atoms with Gasteiger partial charge in [-0.05, 0) is 0 Å². The summed E-state index contributed by atoms with van der Waals surface area (Å²) in [6, 6.07) is 0. The van der Waals surface area contributed by atoms with Crippen LogP contribution in [0.3, 0.4) is 0 Å². The number of rotatable bonds is 5. The minimum Gasteiger partial charge on any atom is -0.339 e. The number of hydrogen-bond acceptors (Lipinski definition) is 6. The van der Waals surface area contributed by atoms with Crippen molar-refractivity contribution in [2.75, 3.05) is 0 Å². The highest BCUT2D eigenvalue weighted by Gasteiger charge is 2.18. The van der Waals surface area contributed by atoms with Gasteiger partial charge in [-0.3, -0.25) is 0 Å². The molecule has 7 nitrogen and oxygen atoms in total. The van der Waals surface area contributed by atoms with Crippen molar-refractivity contribution in [1.82, 2.24) is 19.7 Å². The van der Waals surface area contributed by atoms with Crippen LogP contribution in [-0.4, -0.2) is 28.1 Å². The highest BCUT2D eigenvalue weighted by atomic mass is 35.7. The highest BCUT2D eigenvalue weighted by molar-refractivity contribution is 8.13. The number of halogens is 1. The summed E-state index contributed by atoms with van der Waals surface area (Å²) in [5, 5.41) is 3.65. The zero-order valence-corrected chi connectivity index (χ0v) is 12.1. The molecule has 0 radical (unpaired) electrons. The summed E-state index contributed by atoms with van der Waals surface area (Å²) in [5.74, 6) is 1.61. The Bertz CT molecular complexity index is 677.